The molecule has 1 atom stereocenters. The molecule has 0 bridgehead atoms. The second-order valence-corrected chi connectivity index (χ2v) is 4.60. The van der Waals surface area contributed by atoms with E-state index in [-0.39, 0.29) is 0 Å². The summed E-state index contributed by atoms with van der Waals surface area (Å²) in [7, 11) is 0. The van der Waals surface area contributed by atoms with Gasteiger partial charge in [-0.15, -0.1) is 0 Å². The van der Waals surface area contributed by atoms with Crippen LogP contribution in [0, 0.1) is 5.92 Å². The van der Waals surface area contributed by atoms with E-state index in [1.54, 1.807) is 0 Å². The summed E-state index contributed by atoms with van der Waals surface area (Å²) in [5, 5.41) is 0.589. The number of rotatable bonds is 3. The minimum atomic E-state index is 0.589. The summed E-state index contributed by atoms with van der Waals surface area (Å²) >= 11 is 5.88. The summed E-state index contributed by atoms with van der Waals surface area (Å²) in [6.45, 7) is 4.51. The molecule has 1 aliphatic heterocycles. The third kappa shape index (κ3) is 2.63. The average molecular weight is 225 g/mol. The highest BCUT2D eigenvalue weighted by molar-refractivity contribution is 6.29. The largest absolute Gasteiger partial charge is 0.356 e. The zero-order chi connectivity index (χ0) is 10.7. The molecule has 2 rings (SSSR count). The van der Waals surface area contributed by atoms with Crippen LogP contribution in [0.15, 0.2) is 18.2 Å². The van der Waals surface area contributed by atoms with Gasteiger partial charge in [0.15, 0.2) is 0 Å². The molecule has 15 heavy (non-hydrogen) atoms. The maximum absolute atomic E-state index is 5.88. The number of halogens is 1. The van der Waals surface area contributed by atoms with Crippen molar-refractivity contribution in [2.24, 2.45) is 5.92 Å². The van der Waals surface area contributed by atoms with Gasteiger partial charge in [0.1, 0.15) is 11.0 Å². The molecule has 3 heteroatoms. The number of hydrogen-bond donors (Lipinski definition) is 0. The molecule has 1 saturated heterocycles. The molecular formula is C12H17ClN2. The number of pyridine rings is 1. The maximum Gasteiger partial charge on any atom is 0.131 e. The summed E-state index contributed by atoms with van der Waals surface area (Å²) in [6, 6.07) is 5.84. The van der Waals surface area contributed by atoms with Gasteiger partial charge in [0.2, 0.25) is 0 Å². The quantitative estimate of drug-likeness (QED) is 0.732. The van der Waals surface area contributed by atoms with Crippen molar-refractivity contribution in [3.8, 4) is 0 Å². The third-order valence-corrected chi connectivity index (χ3v) is 3.22. The van der Waals surface area contributed by atoms with Crippen molar-refractivity contribution in [1.29, 1.82) is 0 Å². The maximum atomic E-state index is 5.88. The topological polar surface area (TPSA) is 16.1 Å². The molecule has 2 heterocycles. The predicted molar refractivity (Wildman–Crippen MR) is 64.5 cm³/mol. The number of anilines is 1. The number of nitrogens with zero attached hydrogens (tertiary/aromatic N) is 2. The van der Waals surface area contributed by atoms with Crippen molar-refractivity contribution in [1.82, 2.24) is 4.98 Å². The Balaban J connectivity index is 2.01. The summed E-state index contributed by atoms with van der Waals surface area (Å²) in [5.74, 6) is 1.87. The van der Waals surface area contributed by atoms with Crippen molar-refractivity contribution in [2.75, 3.05) is 18.0 Å². The molecular weight excluding hydrogens is 208 g/mol. The van der Waals surface area contributed by atoms with E-state index < -0.39 is 0 Å². The average Bonchev–Trinajstić information content (AvgIpc) is 2.67. The molecule has 0 saturated carbocycles. The van der Waals surface area contributed by atoms with Crippen molar-refractivity contribution in [2.45, 2.75) is 26.2 Å². The smallest absolute Gasteiger partial charge is 0.131 e. The van der Waals surface area contributed by atoms with Crippen LogP contribution in [0.3, 0.4) is 0 Å². The van der Waals surface area contributed by atoms with E-state index in [1.807, 2.05) is 18.2 Å². The van der Waals surface area contributed by atoms with Gasteiger partial charge >= 0.3 is 0 Å². The van der Waals surface area contributed by atoms with Crippen molar-refractivity contribution < 1.29 is 0 Å². The Hall–Kier alpha value is -0.760. The molecule has 0 spiro atoms. The molecule has 1 aliphatic rings. The second kappa shape index (κ2) is 4.84. The predicted octanol–water partition coefficient (Wildman–Crippen LogP) is 3.36. The van der Waals surface area contributed by atoms with Gasteiger partial charge in [-0.3, -0.25) is 0 Å². The first kappa shape index (κ1) is 10.7. The minimum Gasteiger partial charge on any atom is -0.356 e. The van der Waals surface area contributed by atoms with Gasteiger partial charge in [0.05, 0.1) is 0 Å². The first-order valence-electron chi connectivity index (χ1n) is 5.67. The molecule has 2 nitrogen and oxygen atoms in total. The Kier molecular flexibility index (Phi) is 3.47. The third-order valence-electron chi connectivity index (χ3n) is 3.01. The molecule has 1 fully saturated rings. The molecule has 0 aromatic carbocycles. The van der Waals surface area contributed by atoms with Gasteiger partial charge in [-0.1, -0.05) is 31.0 Å². The zero-order valence-electron chi connectivity index (χ0n) is 9.12. The molecule has 1 unspecified atom stereocenters. The molecule has 0 amide bonds. The van der Waals surface area contributed by atoms with Crippen molar-refractivity contribution >= 4 is 17.4 Å². The first-order valence-corrected chi connectivity index (χ1v) is 6.05. The Morgan fingerprint density at radius 2 is 2.40 bits per heavy atom. The summed E-state index contributed by atoms with van der Waals surface area (Å²) in [4.78, 5) is 6.68. The van der Waals surface area contributed by atoms with E-state index in [9.17, 15) is 0 Å². The van der Waals surface area contributed by atoms with Crippen LogP contribution in [-0.2, 0) is 0 Å². The lowest BCUT2D eigenvalue weighted by Crippen LogP contribution is -2.20. The highest BCUT2D eigenvalue weighted by Gasteiger charge is 2.22. The summed E-state index contributed by atoms with van der Waals surface area (Å²) < 4.78 is 0. The van der Waals surface area contributed by atoms with Crippen LogP contribution < -0.4 is 4.90 Å². The Labute approximate surface area is 96.3 Å². The zero-order valence-corrected chi connectivity index (χ0v) is 9.87. The van der Waals surface area contributed by atoms with E-state index in [2.05, 4.69) is 16.8 Å². The van der Waals surface area contributed by atoms with E-state index >= 15 is 0 Å². The normalized spacial score (nSPS) is 20.9. The lowest BCUT2D eigenvalue weighted by atomic mass is 10.0. The van der Waals surface area contributed by atoms with Crippen LogP contribution in [0.2, 0.25) is 5.15 Å². The number of hydrogen-bond acceptors (Lipinski definition) is 2. The molecule has 0 aliphatic carbocycles. The van der Waals surface area contributed by atoms with Crippen LogP contribution >= 0.6 is 11.6 Å². The van der Waals surface area contributed by atoms with E-state index in [0.29, 0.717) is 5.15 Å². The Morgan fingerprint density at radius 3 is 3.13 bits per heavy atom. The van der Waals surface area contributed by atoms with Gasteiger partial charge in [0, 0.05) is 13.1 Å². The van der Waals surface area contributed by atoms with E-state index in [4.69, 9.17) is 11.6 Å². The highest BCUT2D eigenvalue weighted by Crippen LogP contribution is 2.25. The lowest BCUT2D eigenvalue weighted by molar-refractivity contribution is 0.529. The number of aromatic nitrogens is 1. The molecule has 1 aromatic rings. The van der Waals surface area contributed by atoms with Gasteiger partial charge in [0.25, 0.3) is 0 Å². The van der Waals surface area contributed by atoms with Crippen LogP contribution in [0.1, 0.15) is 26.2 Å². The van der Waals surface area contributed by atoms with Crippen molar-refractivity contribution in [3.63, 3.8) is 0 Å². The van der Waals surface area contributed by atoms with E-state index in [1.165, 1.54) is 19.3 Å². The first-order chi connectivity index (χ1) is 7.29. The molecule has 82 valence electrons. The van der Waals surface area contributed by atoms with Gasteiger partial charge in [-0.25, -0.2) is 4.98 Å². The Bertz CT molecular complexity index is 327. The fourth-order valence-electron chi connectivity index (χ4n) is 2.26. The van der Waals surface area contributed by atoms with Crippen LogP contribution in [-0.4, -0.2) is 18.1 Å². The van der Waals surface area contributed by atoms with Crippen molar-refractivity contribution in [3.05, 3.63) is 23.4 Å². The highest BCUT2D eigenvalue weighted by atomic mass is 35.5. The van der Waals surface area contributed by atoms with Gasteiger partial charge in [-0.05, 0) is 30.9 Å². The second-order valence-electron chi connectivity index (χ2n) is 4.21. The van der Waals surface area contributed by atoms with Crippen LogP contribution in [0.25, 0.3) is 0 Å². The molecule has 0 radical (unpaired) electrons. The minimum absolute atomic E-state index is 0.589. The van der Waals surface area contributed by atoms with E-state index in [0.717, 1.165) is 24.8 Å². The fraction of sp³-hybridized carbons (Fsp3) is 0.583. The lowest BCUT2D eigenvalue weighted by Gasteiger charge is -2.17. The molecule has 1 aromatic heterocycles. The molecule has 0 N–H and O–H groups in total. The van der Waals surface area contributed by atoms with Gasteiger partial charge in [-0.2, -0.15) is 0 Å². The fourth-order valence-corrected chi connectivity index (χ4v) is 2.42. The summed E-state index contributed by atoms with van der Waals surface area (Å²) in [5.41, 5.74) is 0. The SMILES string of the molecule is CCCC1CCN(c2cccc(Cl)n2)C1. The monoisotopic (exact) mass is 224 g/mol. The van der Waals surface area contributed by atoms with Gasteiger partial charge < -0.3 is 4.90 Å². The van der Waals surface area contributed by atoms with Crippen LogP contribution in [0.4, 0.5) is 5.82 Å². The standard InChI is InChI=1S/C12H17ClN2/c1-2-4-10-7-8-15(9-10)12-6-3-5-11(13)14-12/h3,5-6,10H,2,4,7-9H2,1H3. The summed E-state index contributed by atoms with van der Waals surface area (Å²) in [6.07, 6.45) is 3.90. The Morgan fingerprint density at radius 1 is 1.53 bits per heavy atom. The van der Waals surface area contributed by atoms with Crippen LogP contribution in [0.5, 0.6) is 0 Å².